The van der Waals surface area contributed by atoms with E-state index in [4.69, 9.17) is 9.47 Å². The molecule has 2 rings (SSSR count). The molecule has 0 saturated carbocycles. The van der Waals surface area contributed by atoms with E-state index in [1.807, 2.05) is 0 Å². The molecule has 0 fully saturated rings. The van der Waals surface area contributed by atoms with Gasteiger partial charge in [0, 0.05) is 13.7 Å². The van der Waals surface area contributed by atoms with Gasteiger partial charge in [-0.05, 0) is 23.4 Å². The van der Waals surface area contributed by atoms with Crippen molar-refractivity contribution in [1.29, 1.82) is 0 Å². The molecule has 1 aliphatic rings. The zero-order valence-corrected chi connectivity index (χ0v) is 12.2. The Bertz CT molecular complexity index is 513. The van der Waals surface area contributed by atoms with Crippen LogP contribution in [-0.4, -0.2) is 57.5 Å². The molecule has 2 heterocycles. The van der Waals surface area contributed by atoms with Gasteiger partial charge in [0.05, 0.1) is 19.3 Å². The van der Waals surface area contributed by atoms with Gasteiger partial charge < -0.3 is 14.6 Å². The van der Waals surface area contributed by atoms with Gasteiger partial charge in [0.2, 0.25) is 0 Å². The zero-order chi connectivity index (χ0) is 13.9. The smallest absolute Gasteiger partial charge is 0.253 e. The topological polar surface area (TPSA) is 76.1 Å². The van der Waals surface area contributed by atoms with Gasteiger partial charge in [-0.3, -0.25) is 0 Å². The molecular weight excluding hydrogens is 290 g/mol. The molecule has 0 bridgehead atoms. The van der Waals surface area contributed by atoms with Gasteiger partial charge in [0.25, 0.3) is 10.0 Å². The number of aliphatic hydroxyl groups is 1. The summed E-state index contributed by atoms with van der Waals surface area (Å²) in [5, 5.41) is 11.2. The van der Waals surface area contributed by atoms with Crippen LogP contribution in [0.25, 0.3) is 0 Å². The first kappa shape index (κ1) is 14.9. The third-order valence-electron chi connectivity index (χ3n) is 2.98. The average Bonchev–Trinajstić information content (AvgIpc) is 2.85. The Kier molecular flexibility index (Phi) is 4.93. The number of ether oxygens (including phenoxy) is 2. The average molecular weight is 307 g/mol. The van der Waals surface area contributed by atoms with E-state index < -0.39 is 16.1 Å². The Morgan fingerprint density at radius 3 is 3.05 bits per heavy atom. The number of hydrogen-bond donors (Lipinski definition) is 1. The van der Waals surface area contributed by atoms with Crippen molar-refractivity contribution >= 4 is 21.4 Å². The first-order chi connectivity index (χ1) is 9.11. The number of sulfonamides is 1. The summed E-state index contributed by atoms with van der Waals surface area (Å²) in [6.45, 7) is 0.388. The number of hydrogen-bond acceptors (Lipinski definition) is 6. The van der Waals surface area contributed by atoms with Crippen LogP contribution in [0.4, 0.5) is 0 Å². The highest BCUT2D eigenvalue weighted by atomic mass is 32.2. The van der Waals surface area contributed by atoms with Gasteiger partial charge >= 0.3 is 0 Å². The molecule has 1 aliphatic heterocycles. The van der Waals surface area contributed by atoms with Crippen molar-refractivity contribution in [3.8, 4) is 0 Å². The second kappa shape index (κ2) is 6.29. The number of aliphatic hydroxyl groups excluding tert-OH is 1. The van der Waals surface area contributed by atoms with E-state index in [9.17, 15) is 13.5 Å². The molecule has 1 aromatic rings. The van der Waals surface area contributed by atoms with E-state index in [1.54, 1.807) is 11.4 Å². The van der Waals surface area contributed by atoms with Crippen LogP contribution < -0.4 is 0 Å². The number of nitrogens with zero attached hydrogens (tertiary/aromatic N) is 1. The number of rotatable bonds is 6. The maximum Gasteiger partial charge on any atom is 0.253 e. The molecule has 1 atom stereocenters. The Balaban J connectivity index is 2.16. The second-order valence-corrected chi connectivity index (χ2v) is 7.21. The van der Waals surface area contributed by atoms with E-state index in [1.165, 1.54) is 22.8 Å². The molecule has 1 aromatic heterocycles. The van der Waals surface area contributed by atoms with E-state index in [0.717, 1.165) is 5.56 Å². The van der Waals surface area contributed by atoms with Crippen molar-refractivity contribution in [2.75, 3.05) is 33.7 Å². The summed E-state index contributed by atoms with van der Waals surface area (Å²) in [6, 6.07) is 1.39. The minimum atomic E-state index is -3.52. The van der Waals surface area contributed by atoms with Crippen LogP contribution in [0.5, 0.6) is 0 Å². The normalized spacial score (nSPS) is 22.3. The fourth-order valence-electron chi connectivity index (χ4n) is 2.11. The molecule has 0 aromatic carbocycles. The Morgan fingerprint density at radius 1 is 1.58 bits per heavy atom. The molecule has 8 heteroatoms. The van der Waals surface area contributed by atoms with Crippen molar-refractivity contribution in [1.82, 2.24) is 4.31 Å². The van der Waals surface area contributed by atoms with Crippen molar-refractivity contribution in [2.45, 2.75) is 16.7 Å². The summed E-state index contributed by atoms with van der Waals surface area (Å²) < 4.78 is 36.5. The van der Waals surface area contributed by atoms with Crippen LogP contribution in [0.15, 0.2) is 15.7 Å². The molecule has 6 nitrogen and oxygen atoms in total. The molecule has 0 radical (unpaired) electrons. The largest absolute Gasteiger partial charge is 0.395 e. The molecule has 19 heavy (non-hydrogen) atoms. The summed E-state index contributed by atoms with van der Waals surface area (Å²) in [5.41, 5.74) is 0.790. The minimum absolute atomic E-state index is 0.127. The Hall–Kier alpha value is -0.510. The summed E-state index contributed by atoms with van der Waals surface area (Å²) in [5.74, 6) is 0. The molecule has 0 aliphatic carbocycles. The lowest BCUT2D eigenvalue weighted by atomic mass is 10.1. The van der Waals surface area contributed by atoms with Crippen molar-refractivity contribution in [2.24, 2.45) is 0 Å². The molecule has 1 unspecified atom stereocenters. The number of thiophene rings is 1. The van der Waals surface area contributed by atoms with Gasteiger partial charge in [-0.1, -0.05) is 0 Å². The summed E-state index contributed by atoms with van der Waals surface area (Å²) in [7, 11) is -2.01. The fraction of sp³-hybridized carbons (Fsp3) is 0.636. The molecular formula is C11H17NO5S2. The molecule has 1 N–H and O–H groups in total. The van der Waals surface area contributed by atoms with Crippen LogP contribution in [0, 0.1) is 0 Å². The SMILES string of the molecule is COCOCCN1C(CO)Cc2ccsc2S1(=O)=O. The third-order valence-corrected chi connectivity index (χ3v) is 6.48. The second-order valence-electron chi connectivity index (χ2n) is 4.20. The van der Waals surface area contributed by atoms with Gasteiger partial charge in [0.15, 0.2) is 0 Å². The summed E-state index contributed by atoms with van der Waals surface area (Å²) >= 11 is 1.22. The van der Waals surface area contributed by atoms with Gasteiger partial charge in [-0.25, -0.2) is 8.42 Å². The van der Waals surface area contributed by atoms with Crippen molar-refractivity contribution < 1.29 is 23.0 Å². The van der Waals surface area contributed by atoms with Crippen molar-refractivity contribution in [3.05, 3.63) is 17.0 Å². The lowest BCUT2D eigenvalue weighted by Gasteiger charge is -2.33. The van der Waals surface area contributed by atoms with Gasteiger partial charge in [-0.15, -0.1) is 11.3 Å². The molecule has 0 amide bonds. The number of fused-ring (bicyclic) bond motifs is 1. The lowest BCUT2D eigenvalue weighted by Crippen LogP contribution is -2.48. The lowest BCUT2D eigenvalue weighted by molar-refractivity contribution is -0.0348. The quantitative estimate of drug-likeness (QED) is 0.603. The summed E-state index contributed by atoms with van der Waals surface area (Å²) in [6.07, 6.45) is 0.541. The van der Waals surface area contributed by atoms with E-state index >= 15 is 0 Å². The van der Waals surface area contributed by atoms with E-state index in [0.29, 0.717) is 10.6 Å². The first-order valence-electron chi connectivity index (χ1n) is 5.87. The van der Waals surface area contributed by atoms with Crippen LogP contribution in [-0.2, 0) is 25.9 Å². The highest BCUT2D eigenvalue weighted by Crippen LogP contribution is 2.33. The zero-order valence-electron chi connectivity index (χ0n) is 10.6. The van der Waals surface area contributed by atoms with Crippen molar-refractivity contribution in [3.63, 3.8) is 0 Å². The third kappa shape index (κ3) is 2.99. The molecule has 0 saturated heterocycles. The maximum atomic E-state index is 12.4. The maximum absolute atomic E-state index is 12.4. The fourth-order valence-corrected chi connectivity index (χ4v) is 5.26. The highest BCUT2D eigenvalue weighted by molar-refractivity contribution is 7.91. The Labute approximate surface area is 116 Å². The first-order valence-corrected chi connectivity index (χ1v) is 8.19. The van der Waals surface area contributed by atoms with Gasteiger partial charge in [-0.2, -0.15) is 4.31 Å². The standard InChI is InChI=1S/C11H17NO5S2/c1-16-8-17-4-3-12-10(7-13)6-9-2-5-18-11(9)19(12,14)15/h2,5,10,13H,3-4,6-8H2,1H3. The van der Waals surface area contributed by atoms with Crippen LogP contribution in [0.3, 0.4) is 0 Å². The Morgan fingerprint density at radius 2 is 2.37 bits per heavy atom. The monoisotopic (exact) mass is 307 g/mol. The van der Waals surface area contributed by atoms with Crippen LogP contribution >= 0.6 is 11.3 Å². The molecule has 108 valence electrons. The molecule has 0 spiro atoms. The van der Waals surface area contributed by atoms with E-state index in [-0.39, 0.29) is 26.6 Å². The van der Waals surface area contributed by atoms with Crippen LogP contribution in [0.1, 0.15) is 5.56 Å². The van der Waals surface area contributed by atoms with Crippen LogP contribution in [0.2, 0.25) is 0 Å². The highest BCUT2D eigenvalue weighted by Gasteiger charge is 2.38. The van der Waals surface area contributed by atoms with E-state index in [2.05, 4.69) is 0 Å². The predicted molar refractivity (Wildman–Crippen MR) is 70.6 cm³/mol. The summed E-state index contributed by atoms with van der Waals surface area (Å²) in [4.78, 5) is 0. The van der Waals surface area contributed by atoms with Gasteiger partial charge in [0.1, 0.15) is 11.0 Å². The number of methoxy groups -OCH3 is 1. The minimum Gasteiger partial charge on any atom is -0.395 e. The predicted octanol–water partition coefficient (Wildman–Crippen LogP) is 0.276.